The fraction of sp³-hybridized carbons (Fsp3) is 0.214. The number of hydrogen-bond donors (Lipinski definition) is 2. The second-order valence-corrected chi connectivity index (χ2v) is 4.34. The highest BCUT2D eigenvalue weighted by molar-refractivity contribution is 5.94. The van der Waals surface area contributed by atoms with Gasteiger partial charge in [0.1, 0.15) is 12.4 Å². The predicted molar refractivity (Wildman–Crippen MR) is 70.6 cm³/mol. The summed E-state index contributed by atoms with van der Waals surface area (Å²) in [7, 11) is 0. The fourth-order valence-electron chi connectivity index (χ4n) is 1.90. The highest BCUT2D eigenvalue weighted by Gasteiger charge is 2.14. The van der Waals surface area contributed by atoms with Gasteiger partial charge in [-0.15, -0.1) is 0 Å². The molecular formula is C14H16N2O3. The Morgan fingerprint density at radius 1 is 1.32 bits per heavy atom. The summed E-state index contributed by atoms with van der Waals surface area (Å²) < 4.78 is 10.9. The lowest BCUT2D eigenvalue weighted by molar-refractivity contribution is 0.0949. The summed E-state index contributed by atoms with van der Waals surface area (Å²) in [5, 5.41) is 0. The molecule has 19 heavy (non-hydrogen) atoms. The van der Waals surface area contributed by atoms with Crippen molar-refractivity contribution in [1.82, 2.24) is 5.43 Å². The van der Waals surface area contributed by atoms with E-state index in [2.05, 4.69) is 11.5 Å². The Labute approximate surface area is 111 Å². The molecule has 5 heteroatoms. The summed E-state index contributed by atoms with van der Waals surface area (Å²) in [6, 6.07) is 7.48. The van der Waals surface area contributed by atoms with E-state index in [0.717, 1.165) is 16.9 Å². The van der Waals surface area contributed by atoms with Crippen LogP contribution < -0.4 is 16.0 Å². The number of nitrogen functional groups attached to an aromatic ring is 1. The molecular weight excluding hydrogens is 244 g/mol. The quantitative estimate of drug-likeness (QED) is 0.501. The first-order chi connectivity index (χ1) is 9.10. The van der Waals surface area contributed by atoms with Crippen molar-refractivity contribution in [3.8, 4) is 5.75 Å². The zero-order valence-electron chi connectivity index (χ0n) is 10.9. The second-order valence-electron chi connectivity index (χ2n) is 4.34. The predicted octanol–water partition coefficient (Wildman–Crippen LogP) is 2.08. The highest BCUT2D eigenvalue weighted by Crippen LogP contribution is 2.19. The number of carbonyl (C=O) groups excluding carboxylic acids is 1. The molecule has 0 aliphatic heterocycles. The maximum absolute atomic E-state index is 11.5. The lowest BCUT2D eigenvalue weighted by Gasteiger charge is -2.07. The number of ether oxygens (including phenoxy) is 1. The van der Waals surface area contributed by atoms with Crippen LogP contribution >= 0.6 is 0 Å². The average Bonchev–Trinajstić information content (AvgIpc) is 2.82. The zero-order valence-corrected chi connectivity index (χ0v) is 10.9. The Kier molecular flexibility index (Phi) is 3.87. The molecule has 1 aromatic heterocycles. The Morgan fingerprint density at radius 2 is 2.00 bits per heavy atom. The molecule has 3 N–H and O–H groups in total. The normalized spacial score (nSPS) is 10.3. The molecule has 0 saturated heterocycles. The standard InChI is InChI=1S/C14H16N2O3/c1-9-5-10(2)7-11(6-9)19-8-13-12(3-4-18-13)14(17)16-15/h3-7H,8,15H2,1-2H3,(H,16,17). The van der Waals surface area contributed by atoms with Crippen molar-refractivity contribution in [2.24, 2.45) is 5.84 Å². The van der Waals surface area contributed by atoms with Gasteiger partial charge < -0.3 is 9.15 Å². The minimum Gasteiger partial charge on any atom is -0.486 e. The molecule has 2 aromatic rings. The Morgan fingerprint density at radius 3 is 2.63 bits per heavy atom. The summed E-state index contributed by atoms with van der Waals surface area (Å²) in [4.78, 5) is 11.5. The van der Waals surface area contributed by atoms with Crippen LogP contribution in [-0.2, 0) is 6.61 Å². The molecule has 0 bridgehead atoms. The molecule has 0 aliphatic carbocycles. The van der Waals surface area contributed by atoms with Crippen molar-refractivity contribution in [3.63, 3.8) is 0 Å². The van der Waals surface area contributed by atoms with Gasteiger partial charge in [0.2, 0.25) is 0 Å². The SMILES string of the molecule is Cc1cc(C)cc(OCc2occc2C(=O)NN)c1. The van der Waals surface area contributed by atoms with Crippen molar-refractivity contribution in [3.05, 3.63) is 53.0 Å². The van der Waals surface area contributed by atoms with Crippen LogP contribution in [0.1, 0.15) is 27.2 Å². The number of nitrogens with two attached hydrogens (primary N) is 1. The number of rotatable bonds is 4. The van der Waals surface area contributed by atoms with Crippen LogP contribution in [-0.4, -0.2) is 5.91 Å². The van der Waals surface area contributed by atoms with E-state index in [0.29, 0.717) is 11.3 Å². The Bertz CT molecular complexity index is 570. The maximum Gasteiger partial charge on any atom is 0.268 e. The third-order valence-corrected chi connectivity index (χ3v) is 2.69. The van der Waals surface area contributed by atoms with E-state index >= 15 is 0 Å². The van der Waals surface area contributed by atoms with Crippen molar-refractivity contribution >= 4 is 5.91 Å². The molecule has 0 spiro atoms. The Hall–Kier alpha value is -2.27. The molecule has 1 amide bonds. The molecule has 5 nitrogen and oxygen atoms in total. The van der Waals surface area contributed by atoms with Gasteiger partial charge in [-0.1, -0.05) is 6.07 Å². The smallest absolute Gasteiger partial charge is 0.268 e. The van der Waals surface area contributed by atoms with Gasteiger partial charge >= 0.3 is 0 Å². The number of carbonyl (C=O) groups is 1. The minimum absolute atomic E-state index is 0.179. The van der Waals surface area contributed by atoms with E-state index in [1.54, 1.807) is 6.07 Å². The van der Waals surface area contributed by atoms with Crippen LogP contribution in [0.25, 0.3) is 0 Å². The summed E-state index contributed by atoms with van der Waals surface area (Å²) in [6.45, 7) is 4.18. The van der Waals surface area contributed by atoms with E-state index in [-0.39, 0.29) is 6.61 Å². The van der Waals surface area contributed by atoms with Crippen LogP contribution in [0.15, 0.2) is 34.9 Å². The lowest BCUT2D eigenvalue weighted by Crippen LogP contribution is -2.30. The van der Waals surface area contributed by atoms with E-state index in [1.807, 2.05) is 26.0 Å². The van der Waals surface area contributed by atoms with Crippen molar-refractivity contribution < 1.29 is 13.9 Å². The van der Waals surface area contributed by atoms with Gasteiger partial charge in [-0.25, -0.2) is 5.84 Å². The van der Waals surface area contributed by atoms with E-state index < -0.39 is 5.91 Å². The van der Waals surface area contributed by atoms with Gasteiger partial charge in [0, 0.05) is 0 Å². The summed E-state index contributed by atoms with van der Waals surface area (Å²) in [6.07, 6.45) is 1.44. The first-order valence-electron chi connectivity index (χ1n) is 5.88. The van der Waals surface area contributed by atoms with Crippen LogP contribution in [0.4, 0.5) is 0 Å². The summed E-state index contributed by atoms with van der Waals surface area (Å²) >= 11 is 0. The van der Waals surface area contributed by atoms with Crippen LogP contribution in [0.3, 0.4) is 0 Å². The van der Waals surface area contributed by atoms with E-state index in [9.17, 15) is 4.79 Å². The first kappa shape index (κ1) is 13.2. The van der Waals surface area contributed by atoms with Gasteiger partial charge in [-0.3, -0.25) is 10.2 Å². The van der Waals surface area contributed by atoms with Gasteiger partial charge in [0.25, 0.3) is 5.91 Å². The maximum atomic E-state index is 11.5. The van der Waals surface area contributed by atoms with Crippen LogP contribution in [0.5, 0.6) is 5.75 Å². The number of aryl methyl sites for hydroxylation is 2. The monoisotopic (exact) mass is 260 g/mol. The second kappa shape index (κ2) is 5.58. The topological polar surface area (TPSA) is 77.5 Å². The lowest BCUT2D eigenvalue weighted by atomic mass is 10.1. The molecule has 0 fully saturated rings. The zero-order chi connectivity index (χ0) is 13.8. The molecule has 0 radical (unpaired) electrons. The van der Waals surface area contributed by atoms with Crippen LogP contribution in [0.2, 0.25) is 0 Å². The third kappa shape index (κ3) is 3.14. The molecule has 0 atom stereocenters. The molecule has 100 valence electrons. The third-order valence-electron chi connectivity index (χ3n) is 2.69. The van der Waals surface area contributed by atoms with Gasteiger partial charge in [-0.05, 0) is 43.2 Å². The molecule has 0 aliphatic rings. The number of benzene rings is 1. The highest BCUT2D eigenvalue weighted by atomic mass is 16.5. The molecule has 1 aromatic carbocycles. The molecule has 2 rings (SSSR count). The van der Waals surface area contributed by atoms with Crippen molar-refractivity contribution in [1.29, 1.82) is 0 Å². The van der Waals surface area contributed by atoms with E-state index in [4.69, 9.17) is 15.0 Å². The number of amides is 1. The minimum atomic E-state index is -0.396. The summed E-state index contributed by atoms with van der Waals surface area (Å²) in [5.74, 6) is 5.89. The fourth-order valence-corrected chi connectivity index (χ4v) is 1.90. The summed E-state index contributed by atoms with van der Waals surface area (Å²) in [5.41, 5.74) is 4.69. The van der Waals surface area contributed by atoms with Gasteiger partial charge in [0.05, 0.1) is 11.8 Å². The number of hydrogen-bond acceptors (Lipinski definition) is 4. The average molecular weight is 260 g/mol. The van der Waals surface area contributed by atoms with Crippen molar-refractivity contribution in [2.45, 2.75) is 20.5 Å². The molecule has 0 saturated carbocycles. The number of furan rings is 1. The van der Waals surface area contributed by atoms with Crippen molar-refractivity contribution in [2.75, 3.05) is 0 Å². The first-order valence-corrected chi connectivity index (χ1v) is 5.88. The van der Waals surface area contributed by atoms with Gasteiger partial charge in [-0.2, -0.15) is 0 Å². The van der Waals surface area contributed by atoms with Crippen LogP contribution in [0, 0.1) is 13.8 Å². The van der Waals surface area contributed by atoms with Gasteiger partial charge in [0.15, 0.2) is 5.76 Å². The number of nitrogens with one attached hydrogen (secondary N) is 1. The number of hydrazine groups is 1. The largest absolute Gasteiger partial charge is 0.486 e. The molecule has 1 heterocycles. The van der Waals surface area contributed by atoms with E-state index in [1.165, 1.54) is 6.26 Å². The Balaban J connectivity index is 2.10. The molecule has 0 unspecified atom stereocenters.